The van der Waals surface area contributed by atoms with Crippen LogP contribution in [0.25, 0.3) is 6.08 Å². The van der Waals surface area contributed by atoms with Crippen molar-refractivity contribution in [3.05, 3.63) is 34.9 Å². The lowest BCUT2D eigenvalue weighted by Gasteiger charge is -2.10. The predicted octanol–water partition coefficient (Wildman–Crippen LogP) is 4.07. The Kier molecular flexibility index (Phi) is 4.41. The van der Waals surface area contributed by atoms with Gasteiger partial charge in [0.05, 0.1) is 7.11 Å². The van der Waals surface area contributed by atoms with E-state index in [1.54, 1.807) is 7.11 Å². The van der Waals surface area contributed by atoms with Crippen LogP contribution in [0.15, 0.2) is 23.8 Å². The number of methoxy groups -OCH3 is 1. The average molecular weight is 204 g/mol. The first kappa shape index (κ1) is 11.8. The molecule has 1 aromatic carbocycles. The minimum absolute atomic E-state index is 1.01. The maximum atomic E-state index is 5.47. The average Bonchev–Trinajstić information content (AvgIpc) is 2.28. The van der Waals surface area contributed by atoms with Crippen molar-refractivity contribution in [2.75, 3.05) is 7.11 Å². The first-order valence-corrected chi connectivity index (χ1v) is 5.56. The van der Waals surface area contributed by atoms with Gasteiger partial charge in [-0.1, -0.05) is 43.7 Å². The summed E-state index contributed by atoms with van der Waals surface area (Å²) in [5.41, 5.74) is 3.84. The first-order valence-electron chi connectivity index (χ1n) is 5.56. The Labute approximate surface area is 92.8 Å². The van der Waals surface area contributed by atoms with E-state index in [-0.39, 0.29) is 0 Å². The molecule has 0 aliphatic carbocycles. The van der Waals surface area contributed by atoms with Crippen LogP contribution >= 0.6 is 0 Å². The summed E-state index contributed by atoms with van der Waals surface area (Å²) in [5.74, 6) is 1.02. The molecule has 0 saturated carbocycles. The van der Waals surface area contributed by atoms with Crippen LogP contribution in [0.2, 0.25) is 0 Å². The van der Waals surface area contributed by atoms with Gasteiger partial charge in [0.1, 0.15) is 5.75 Å². The van der Waals surface area contributed by atoms with Gasteiger partial charge in [-0.2, -0.15) is 0 Å². The van der Waals surface area contributed by atoms with Gasteiger partial charge in [0.2, 0.25) is 0 Å². The fraction of sp³-hybridized carbons (Fsp3) is 0.429. The minimum atomic E-state index is 1.01. The molecule has 0 atom stereocenters. The molecule has 1 nitrogen and oxygen atoms in total. The third kappa shape index (κ3) is 2.85. The number of hydrogen-bond acceptors (Lipinski definition) is 1. The maximum absolute atomic E-state index is 5.47. The highest BCUT2D eigenvalue weighted by Crippen LogP contribution is 2.26. The predicted molar refractivity (Wildman–Crippen MR) is 66.3 cm³/mol. The second-order valence-corrected chi connectivity index (χ2v) is 3.74. The minimum Gasteiger partial charge on any atom is -0.496 e. The molecule has 0 saturated heterocycles. The van der Waals surface area contributed by atoms with Crippen LogP contribution in [0, 0.1) is 0 Å². The van der Waals surface area contributed by atoms with Gasteiger partial charge in [0.15, 0.2) is 0 Å². The standard InChI is InChI=1S/C14H20O/c1-5-11(3)10-13-9-7-8-12(6-2)14(13)15-4/h7-10H,5-6H2,1-4H3/b11-10+. The smallest absolute Gasteiger partial charge is 0.129 e. The molecule has 1 rings (SSSR count). The Morgan fingerprint density at radius 3 is 2.60 bits per heavy atom. The van der Waals surface area contributed by atoms with Gasteiger partial charge in [0.25, 0.3) is 0 Å². The lowest BCUT2D eigenvalue weighted by atomic mass is 10.0. The van der Waals surface area contributed by atoms with Gasteiger partial charge in [-0.3, -0.25) is 0 Å². The van der Waals surface area contributed by atoms with E-state index in [0.717, 1.165) is 18.6 Å². The molecule has 1 aromatic rings. The van der Waals surface area contributed by atoms with E-state index in [4.69, 9.17) is 4.74 Å². The summed E-state index contributed by atoms with van der Waals surface area (Å²) in [6.07, 6.45) is 4.30. The molecule has 0 bridgehead atoms. The largest absolute Gasteiger partial charge is 0.496 e. The molecule has 0 unspecified atom stereocenters. The van der Waals surface area contributed by atoms with E-state index in [2.05, 4.69) is 45.0 Å². The number of para-hydroxylation sites is 1. The van der Waals surface area contributed by atoms with Crippen LogP contribution in [0.4, 0.5) is 0 Å². The van der Waals surface area contributed by atoms with E-state index < -0.39 is 0 Å². The van der Waals surface area contributed by atoms with Crippen molar-refractivity contribution in [2.24, 2.45) is 0 Å². The van der Waals surface area contributed by atoms with Gasteiger partial charge in [-0.15, -0.1) is 0 Å². The number of hydrogen-bond donors (Lipinski definition) is 0. The van der Waals surface area contributed by atoms with E-state index in [0.29, 0.717) is 0 Å². The Morgan fingerprint density at radius 1 is 1.33 bits per heavy atom. The van der Waals surface area contributed by atoms with Gasteiger partial charge < -0.3 is 4.74 Å². The SMILES string of the molecule is CC/C(C)=C/c1cccc(CC)c1OC. The Balaban J connectivity index is 3.17. The molecule has 0 N–H and O–H groups in total. The number of aryl methyl sites for hydroxylation is 1. The normalized spacial score (nSPS) is 11.6. The second-order valence-electron chi connectivity index (χ2n) is 3.74. The molecule has 15 heavy (non-hydrogen) atoms. The highest BCUT2D eigenvalue weighted by Gasteiger charge is 2.05. The maximum Gasteiger partial charge on any atom is 0.129 e. The topological polar surface area (TPSA) is 9.23 Å². The highest BCUT2D eigenvalue weighted by molar-refractivity contribution is 5.61. The summed E-state index contributed by atoms with van der Waals surface area (Å²) in [6.45, 7) is 6.47. The molecular formula is C14H20O. The fourth-order valence-corrected chi connectivity index (χ4v) is 1.61. The monoisotopic (exact) mass is 204 g/mol. The summed E-state index contributed by atoms with van der Waals surface area (Å²) < 4.78 is 5.47. The van der Waals surface area contributed by atoms with Crippen molar-refractivity contribution < 1.29 is 4.74 Å². The van der Waals surface area contributed by atoms with Gasteiger partial charge in [-0.25, -0.2) is 0 Å². The van der Waals surface area contributed by atoms with Crippen molar-refractivity contribution in [1.29, 1.82) is 0 Å². The molecule has 0 fully saturated rings. The summed E-state index contributed by atoms with van der Waals surface area (Å²) in [5, 5.41) is 0. The van der Waals surface area contributed by atoms with Crippen LogP contribution in [-0.4, -0.2) is 7.11 Å². The van der Waals surface area contributed by atoms with Crippen molar-refractivity contribution in [3.8, 4) is 5.75 Å². The summed E-state index contributed by atoms with van der Waals surface area (Å²) in [6, 6.07) is 6.32. The van der Waals surface area contributed by atoms with Crippen molar-refractivity contribution >= 4 is 6.08 Å². The van der Waals surface area contributed by atoms with Gasteiger partial charge in [-0.05, 0) is 25.3 Å². The number of benzene rings is 1. The zero-order valence-electron chi connectivity index (χ0n) is 10.1. The number of ether oxygens (including phenoxy) is 1. The Morgan fingerprint density at radius 2 is 2.07 bits per heavy atom. The van der Waals surface area contributed by atoms with Crippen LogP contribution in [0.3, 0.4) is 0 Å². The van der Waals surface area contributed by atoms with E-state index in [9.17, 15) is 0 Å². The molecule has 0 amide bonds. The van der Waals surface area contributed by atoms with Crippen LogP contribution < -0.4 is 4.74 Å². The highest BCUT2D eigenvalue weighted by atomic mass is 16.5. The Bertz CT molecular complexity index is 350. The molecule has 0 aromatic heterocycles. The van der Waals surface area contributed by atoms with Gasteiger partial charge in [0, 0.05) is 5.56 Å². The van der Waals surface area contributed by atoms with Gasteiger partial charge >= 0.3 is 0 Å². The number of allylic oxidation sites excluding steroid dienone is 1. The fourth-order valence-electron chi connectivity index (χ4n) is 1.61. The second kappa shape index (κ2) is 5.59. The van der Waals surface area contributed by atoms with Crippen LogP contribution in [0.5, 0.6) is 5.75 Å². The Hall–Kier alpha value is -1.24. The quantitative estimate of drug-likeness (QED) is 0.718. The molecule has 0 aliphatic heterocycles. The molecule has 0 heterocycles. The zero-order valence-corrected chi connectivity index (χ0v) is 10.1. The third-order valence-electron chi connectivity index (χ3n) is 2.67. The summed E-state index contributed by atoms with van der Waals surface area (Å²) in [7, 11) is 1.74. The third-order valence-corrected chi connectivity index (χ3v) is 2.67. The zero-order chi connectivity index (χ0) is 11.3. The lowest BCUT2D eigenvalue weighted by molar-refractivity contribution is 0.409. The molecule has 1 heteroatoms. The molecule has 0 aliphatic rings. The van der Waals surface area contributed by atoms with Crippen molar-refractivity contribution in [2.45, 2.75) is 33.6 Å². The summed E-state index contributed by atoms with van der Waals surface area (Å²) >= 11 is 0. The van der Waals surface area contributed by atoms with Crippen LogP contribution in [-0.2, 0) is 6.42 Å². The van der Waals surface area contributed by atoms with E-state index in [1.165, 1.54) is 16.7 Å². The van der Waals surface area contributed by atoms with Crippen molar-refractivity contribution in [1.82, 2.24) is 0 Å². The summed E-state index contributed by atoms with van der Waals surface area (Å²) in [4.78, 5) is 0. The first-order chi connectivity index (χ1) is 7.22. The molecule has 82 valence electrons. The molecule has 0 radical (unpaired) electrons. The van der Waals surface area contributed by atoms with E-state index >= 15 is 0 Å². The van der Waals surface area contributed by atoms with Crippen LogP contribution in [0.1, 0.15) is 38.3 Å². The van der Waals surface area contributed by atoms with E-state index in [1.807, 2.05) is 0 Å². The van der Waals surface area contributed by atoms with Crippen molar-refractivity contribution in [3.63, 3.8) is 0 Å². The molecular weight excluding hydrogens is 184 g/mol. The number of rotatable bonds is 4. The molecule has 0 spiro atoms. The lowest BCUT2D eigenvalue weighted by Crippen LogP contribution is -1.93.